The number of aromatic nitrogens is 2. The molecule has 2 aromatic heterocycles. The minimum atomic E-state index is 0.758. The van der Waals surface area contributed by atoms with E-state index in [1.165, 1.54) is 23.4 Å². The second-order valence-corrected chi connectivity index (χ2v) is 6.54. The average molecular weight is 299 g/mol. The molecule has 108 valence electrons. The number of nitrogen functional groups attached to an aromatic ring is 1. The first-order valence-electron chi connectivity index (χ1n) is 7.12. The molecule has 0 bridgehead atoms. The molecule has 2 N–H and O–H groups in total. The number of methoxy groups -OCH3 is 1. The van der Waals surface area contributed by atoms with Crippen molar-refractivity contribution in [1.82, 2.24) is 9.38 Å². The molecular weight excluding hydrogens is 282 g/mol. The number of thiazole rings is 1. The maximum Gasteiger partial charge on any atom is 0.196 e. The van der Waals surface area contributed by atoms with Crippen LogP contribution < -0.4 is 10.5 Å². The summed E-state index contributed by atoms with van der Waals surface area (Å²) in [7, 11) is 1.69. The smallest absolute Gasteiger partial charge is 0.196 e. The van der Waals surface area contributed by atoms with E-state index in [0.717, 1.165) is 39.8 Å². The fourth-order valence-electron chi connectivity index (χ4n) is 3.14. The van der Waals surface area contributed by atoms with E-state index in [1.807, 2.05) is 19.1 Å². The fourth-order valence-corrected chi connectivity index (χ4v) is 4.35. The number of ether oxygens (including phenoxy) is 1. The van der Waals surface area contributed by atoms with Crippen LogP contribution in [0.1, 0.15) is 22.6 Å². The van der Waals surface area contributed by atoms with Crippen LogP contribution in [0.3, 0.4) is 0 Å². The van der Waals surface area contributed by atoms with Gasteiger partial charge in [-0.15, -0.1) is 11.3 Å². The highest BCUT2D eigenvalue weighted by Gasteiger charge is 2.23. The molecule has 0 radical (unpaired) electrons. The topological polar surface area (TPSA) is 52.5 Å². The van der Waals surface area contributed by atoms with Crippen LogP contribution in [0.15, 0.2) is 18.2 Å². The van der Waals surface area contributed by atoms with Gasteiger partial charge in [-0.1, -0.05) is 0 Å². The van der Waals surface area contributed by atoms with Crippen molar-refractivity contribution >= 4 is 22.1 Å². The lowest BCUT2D eigenvalue weighted by molar-refractivity contribution is 0.412. The summed E-state index contributed by atoms with van der Waals surface area (Å²) in [5, 5.41) is 0. The third kappa shape index (κ3) is 1.77. The normalized spacial score (nSPS) is 13.8. The van der Waals surface area contributed by atoms with Crippen molar-refractivity contribution in [1.29, 1.82) is 0 Å². The molecule has 3 aromatic rings. The summed E-state index contributed by atoms with van der Waals surface area (Å²) in [4.78, 5) is 7.22. The maximum atomic E-state index is 6.39. The Hall–Kier alpha value is -2.01. The number of rotatable bonds is 2. The van der Waals surface area contributed by atoms with Gasteiger partial charge in [0.25, 0.3) is 0 Å². The molecule has 0 spiro atoms. The van der Waals surface area contributed by atoms with Crippen LogP contribution in [-0.2, 0) is 12.8 Å². The van der Waals surface area contributed by atoms with E-state index in [2.05, 4.69) is 10.5 Å². The van der Waals surface area contributed by atoms with Crippen molar-refractivity contribution in [3.05, 3.63) is 34.3 Å². The van der Waals surface area contributed by atoms with Gasteiger partial charge in [-0.25, -0.2) is 4.98 Å². The first kappa shape index (κ1) is 12.7. The van der Waals surface area contributed by atoms with Gasteiger partial charge in [0, 0.05) is 16.1 Å². The lowest BCUT2D eigenvalue weighted by Gasteiger charge is -2.06. The van der Waals surface area contributed by atoms with E-state index in [1.54, 1.807) is 18.4 Å². The van der Waals surface area contributed by atoms with Crippen LogP contribution in [-0.4, -0.2) is 16.5 Å². The number of anilines is 1. The van der Waals surface area contributed by atoms with Crippen molar-refractivity contribution in [3.8, 4) is 17.0 Å². The molecule has 1 aliphatic carbocycles. The van der Waals surface area contributed by atoms with Gasteiger partial charge in [0.1, 0.15) is 17.3 Å². The molecule has 0 aliphatic heterocycles. The summed E-state index contributed by atoms with van der Waals surface area (Å²) < 4.78 is 7.46. The summed E-state index contributed by atoms with van der Waals surface area (Å²) in [5.41, 5.74) is 10.8. The largest absolute Gasteiger partial charge is 0.496 e. The third-order valence-electron chi connectivity index (χ3n) is 4.17. The van der Waals surface area contributed by atoms with Crippen LogP contribution in [0, 0.1) is 6.92 Å². The zero-order valence-corrected chi connectivity index (χ0v) is 13.0. The van der Waals surface area contributed by atoms with Crippen molar-refractivity contribution in [2.45, 2.75) is 26.2 Å². The van der Waals surface area contributed by atoms with E-state index >= 15 is 0 Å². The van der Waals surface area contributed by atoms with Gasteiger partial charge in [-0.2, -0.15) is 0 Å². The number of aryl methyl sites for hydroxylation is 3. The molecule has 0 atom stereocenters. The summed E-state index contributed by atoms with van der Waals surface area (Å²) in [6.45, 7) is 2.04. The van der Waals surface area contributed by atoms with E-state index < -0.39 is 0 Å². The van der Waals surface area contributed by atoms with E-state index in [-0.39, 0.29) is 0 Å². The Labute approximate surface area is 127 Å². The Morgan fingerprint density at radius 3 is 2.95 bits per heavy atom. The lowest BCUT2D eigenvalue weighted by atomic mass is 10.1. The SMILES string of the molecule is COc1ccc(-c2nc3sc4c(n3c2N)CCC4)cc1C. The van der Waals surface area contributed by atoms with Crippen LogP contribution >= 0.6 is 11.3 Å². The van der Waals surface area contributed by atoms with Crippen molar-refractivity contribution < 1.29 is 4.74 Å². The third-order valence-corrected chi connectivity index (χ3v) is 5.32. The molecular formula is C16H17N3OS. The number of hydrogen-bond donors (Lipinski definition) is 1. The lowest BCUT2D eigenvalue weighted by Crippen LogP contribution is -1.97. The van der Waals surface area contributed by atoms with Gasteiger partial charge in [0.05, 0.1) is 7.11 Å². The molecule has 2 heterocycles. The monoisotopic (exact) mass is 299 g/mol. The zero-order chi connectivity index (χ0) is 14.6. The quantitative estimate of drug-likeness (QED) is 0.788. The highest BCUT2D eigenvalue weighted by atomic mass is 32.1. The Kier molecular flexibility index (Phi) is 2.72. The zero-order valence-electron chi connectivity index (χ0n) is 12.1. The second-order valence-electron chi connectivity index (χ2n) is 5.47. The first-order valence-corrected chi connectivity index (χ1v) is 7.94. The Balaban J connectivity index is 1.89. The summed E-state index contributed by atoms with van der Waals surface area (Å²) in [5.74, 6) is 1.65. The van der Waals surface area contributed by atoms with E-state index in [0.29, 0.717) is 0 Å². The predicted octanol–water partition coefficient (Wildman–Crippen LogP) is 3.45. The number of nitrogens with two attached hydrogens (primary N) is 1. The number of benzene rings is 1. The van der Waals surface area contributed by atoms with Gasteiger partial charge < -0.3 is 10.5 Å². The molecule has 1 aliphatic rings. The van der Waals surface area contributed by atoms with Gasteiger partial charge >= 0.3 is 0 Å². The van der Waals surface area contributed by atoms with E-state index in [9.17, 15) is 0 Å². The molecule has 4 nitrogen and oxygen atoms in total. The maximum absolute atomic E-state index is 6.39. The Bertz CT molecular complexity index is 847. The highest BCUT2D eigenvalue weighted by Crippen LogP contribution is 2.37. The molecule has 0 saturated carbocycles. The number of nitrogens with zero attached hydrogens (tertiary/aromatic N) is 2. The summed E-state index contributed by atoms with van der Waals surface area (Å²) in [6.07, 6.45) is 3.50. The van der Waals surface area contributed by atoms with Crippen molar-refractivity contribution in [3.63, 3.8) is 0 Å². The van der Waals surface area contributed by atoms with Gasteiger partial charge in [-0.3, -0.25) is 4.40 Å². The van der Waals surface area contributed by atoms with Crippen LogP contribution in [0.5, 0.6) is 5.75 Å². The molecule has 0 saturated heterocycles. The number of fused-ring (bicyclic) bond motifs is 3. The van der Waals surface area contributed by atoms with Crippen LogP contribution in [0.2, 0.25) is 0 Å². The molecule has 0 unspecified atom stereocenters. The molecule has 0 amide bonds. The molecule has 4 rings (SSSR count). The van der Waals surface area contributed by atoms with Crippen LogP contribution in [0.25, 0.3) is 16.2 Å². The van der Waals surface area contributed by atoms with Gasteiger partial charge in [-0.05, 0) is 49.9 Å². The highest BCUT2D eigenvalue weighted by molar-refractivity contribution is 7.17. The van der Waals surface area contributed by atoms with Crippen molar-refractivity contribution in [2.75, 3.05) is 12.8 Å². The van der Waals surface area contributed by atoms with Crippen molar-refractivity contribution in [2.24, 2.45) is 0 Å². The minimum absolute atomic E-state index is 0.758. The standard InChI is InChI=1S/C16H17N3OS/c1-9-8-10(6-7-12(9)20-2)14-15(17)19-11-4-3-5-13(11)21-16(19)18-14/h6-8H,3-5,17H2,1-2H3. The Morgan fingerprint density at radius 2 is 2.19 bits per heavy atom. The molecule has 0 fully saturated rings. The van der Waals surface area contributed by atoms with Gasteiger partial charge in [0.2, 0.25) is 0 Å². The number of hydrogen-bond acceptors (Lipinski definition) is 4. The Morgan fingerprint density at radius 1 is 1.33 bits per heavy atom. The number of imidazole rings is 1. The molecule has 5 heteroatoms. The molecule has 1 aromatic carbocycles. The fraction of sp³-hybridized carbons (Fsp3) is 0.312. The van der Waals surface area contributed by atoms with Gasteiger partial charge in [0.15, 0.2) is 4.96 Å². The molecule has 21 heavy (non-hydrogen) atoms. The van der Waals surface area contributed by atoms with E-state index in [4.69, 9.17) is 15.5 Å². The van der Waals surface area contributed by atoms with Crippen LogP contribution in [0.4, 0.5) is 5.82 Å². The first-order chi connectivity index (χ1) is 10.2. The predicted molar refractivity (Wildman–Crippen MR) is 86.2 cm³/mol. The second kappa shape index (κ2) is 4.49. The average Bonchev–Trinajstić information content (AvgIpc) is 3.11. The summed E-state index contributed by atoms with van der Waals surface area (Å²) in [6, 6.07) is 6.08. The summed E-state index contributed by atoms with van der Waals surface area (Å²) >= 11 is 1.78. The minimum Gasteiger partial charge on any atom is -0.496 e.